The van der Waals surface area contributed by atoms with Gasteiger partial charge in [-0.15, -0.1) is 10.2 Å². The number of carbonyl (C=O) groups is 1. The first-order valence-electron chi connectivity index (χ1n) is 9.89. The molecule has 0 bridgehead atoms. The maximum atomic E-state index is 12.3. The number of aromatic nitrogens is 3. The van der Waals surface area contributed by atoms with Gasteiger partial charge in [0.2, 0.25) is 17.9 Å². The first kappa shape index (κ1) is 21.5. The number of rotatable bonds is 8. The van der Waals surface area contributed by atoms with Crippen LogP contribution >= 0.6 is 11.8 Å². The second kappa shape index (κ2) is 9.60. The Balaban J connectivity index is 1.32. The third kappa shape index (κ3) is 4.94. The molecule has 1 amide bonds. The number of carbonyl (C=O) groups excluding carboxylic acids is 1. The average molecular weight is 454 g/mol. The Kier molecular flexibility index (Phi) is 6.45. The van der Waals surface area contributed by atoms with Crippen LogP contribution < -0.4 is 26.1 Å². The number of anilines is 1. The van der Waals surface area contributed by atoms with Crippen molar-refractivity contribution in [2.75, 3.05) is 23.8 Å². The van der Waals surface area contributed by atoms with E-state index in [4.69, 9.17) is 15.3 Å². The van der Waals surface area contributed by atoms with Gasteiger partial charge in [-0.25, -0.2) is 10.1 Å². The van der Waals surface area contributed by atoms with Crippen LogP contribution in [0.3, 0.4) is 0 Å². The molecule has 1 aromatic heterocycles. The molecular formula is C21H23N7O3S. The summed E-state index contributed by atoms with van der Waals surface area (Å²) in [5.41, 5.74) is 5.41. The Morgan fingerprint density at radius 3 is 2.81 bits per heavy atom. The zero-order valence-electron chi connectivity index (χ0n) is 17.6. The normalized spacial score (nSPS) is 13.6. The van der Waals surface area contributed by atoms with Crippen molar-refractivity contribution in [3.05, 3.63) is 59.7 Å². The molecule has 1 aliphatic rings. The van der Waals surface area contributed by atoms with E-state index in [2.05, 4.69) is 26.0 Å². The molecule has 2 aromatic carbocycles. The summed E-state index contributed by atoms with van der Waals surface area (Å²) in [6.07, 6.45) is 0. The monoisotopic (exact) mass is 453 g/mol. The number of nitrogens with two attached hydrogens (primary N) is 1. The van der Waals surface area contributed by atoms with E-state index in [-0.39, 0.29) is 30.4 Å². The zero-order chi connectivity index (χ0) is 22.5. The lowest BCUT2D eigenvalue weighted by atomic mass is 10.1. The summed E-state index contributed by atoms with van der Waals surface area (Å²) in [6.45, 7) is 3.99. The molecule has 166 valence electrons. The van der Waals surface area contributed by atoms with Gasteiger partial charge in [0, 0.05) is 5.56 Å². The van der Waals surface area contributed by atoms with E-state index < -0.39 is 0 Å². The molecule has 32 heavy (non-hydrogen) atoms. The second-order valence-electron chi connectivity index (χ2n) is 7.04. The molecule has 1 atom stereocenters. The quantitative estimate of drug-likeness (QED) is 0.205. The Labute approximate surface area is 189 Å². The van der Waals surface area contributed by atoms with Crippen molar-refractivity contribution in [2.24, 2.45) is 5.10 Å². The number of amides is 1. The first-order valence-corrected chi connectivity index (χ1v) is 10.9. The van der Waals surface area contributed by atoms with Crippen molar-refractivity contribution in [2.45, 2.75) is 25.0 Å². The lowest BCUT2D eigenvalue weighted by Gasteiger charge is -2.13. The van der Waals surface area contributed by atoms with Gasteiger partial charge in [-0.2, -0.15) is 5.10 Å². The molecule has 0 saturated heterocycles. The second-order valence-corrected chi connectivity index (χ2v) is 7.98. The fourth-order valence-electron chi connectivity index (χ4n) is 3.01. The van der Waals surface area contributed by atoms with Crippen LogP contribution in [0.5, 0.6) is 11.5 Å². The molecular weight excluding hydrogens is 430 g/mol. The number of nitrogens with zero attached hydrogens (tertiary/aromatic N) is 4. The van der Waals surface area contributed by atoms with E-state index in [1.807, 2.05) is 62.4 Å². The molecule has 11 heteroatoms. The van der Waals surface area contributed by atoms with Gasteiger partial charge in [-0.05, 0) is 37.6 Å². The van der Waals surface area contributed by atoms with E-state index in [0.29, 0.717) is 22.4 Å². The minimum atomic E-state index is -0.125. The van der Waals surface area contributed by atoms with Crippen LogP contribution in [0.2, 0.25) is 0 Å². The van der Waals surface area contributed by atoms with Crippen LogP contribution in [0.15, 0.2) is 58.8 Å². The van der Waals surface area contributed by atoms with Gasteiger partial charge in [0.25, 0.3) is 5.95 Å². The number of thioether (sulfide) groups is 1. The van der Waals surface area contributed by atoms with Crippen LogP contribution in [-0.2, 0) is 4.79 Å². The number of fused-ring (bicyclic) bond motifs is 1. The van der Waals surface area contributed by atoms with Crippen LogP contribution in [0.4, 0.5) is 5.95 Å². The molecule has 0 spiro atoms. The standard InChI is InChI=1S/C21H23N7O3S/c1-13(15-6-4-3-5-7-15)23-19(29)11-32-21-27-26-20(28(21)22)25-24-14(2)16-8-9-17-18(10-16)31-12-30-17/h3-10,13H,11-12,22H2,1-2H3,(H,23,29)(H,25,26)/b24-14+. The van der Waals surface area contributed by atoms with E-state index in [9.17, 15) is 4.79 Å². The van der Waals surface area contributed by atoms with Crippen molar-refractivity contribution in [1.82, 2.24) is 20.2 Å². The van der Waals surface area contributed by atoms with Crippen LogP contribution in [0.1, 0.15) is 31.0 Å². The minimum Gasteiger partial charge on any atom is -0.454 e. The minimum absolute atomic E-state index is 0.0919. The van der Waals surface area contributed by atoms with Crippen LogP contribution in [-0.4, -0.2) is 39.0 Å². The Morgan fingerprint density at radius 1 is 1.22 bits per heavy atom. The SMILES string of the molecule is C/C(=N\Nc1nnc(SCC(=O)NC(C)c2ccccc2)n1N)c1ccc2c(c1)OCO2. The molecule has 0 saturated carbocycles. The molecule has 0 radical (unpaired) electrons. The van der Waals surface area contributed by atoms with Gasteiger partial charge in [0.15, 0.2) is 11.5 Å². The molecule has 0 aliphatic carbocycles. The maximum Gasteiger partial charge on any atom is 0.264 e. The number of nitrogen functional groups attached to an aromatic ring is 1. The van der Waals surface area contributed by atoms with Crippen molar-refractivity contribution < 1.29 is 14.3 Å². The Morgan fingerprint density at radius 2 is 2.00 bits per heavy atom. The highest BCUT2D eigenvalue weighted by Crippen LogP contribution is 2.32. The highest BCUT2D eigenvalue weighted by Gasteiger charge is 2.16. The van der Waals surface area contributed by atoms with Gasteiger partial charge >= 0.3 is 0 Å². The Hall–Kier alpha value is -3.73. The predicted octanol–water partition coefficient (Wildman–Crippen LogP) is 2.53. The van der Waals surface area contributed by atoms with E-state index >= 15 is 0 Å². The molecule has 4 rings (SSSR count). The summed E-state index contributed by atoms with van der Waals surface area (Å²) in [5, 5.41) is 15.7. The molecule has 1 unspecified atom stereocenters. The van der Waals surface area contributed by atoms with Gasteiger partial charge < -0.3 is 20.6 Å². The fourth-order valence-corrected chi connectivity index (χ4v) is 3.68. The van der Waals surface area contributed by atoms with Crippen LogP contribution in [0.25, 0.3) is 0 Å². The highest BCUT2D eigenvalue weighted by molar-refractivity contribution is 7.99. The smallest absolute Gasteiger partial charge is 0.264 e. The van der Waals surface area contributed by atoms with E-state index in [1.54, 1.807) is 0 Å². The number of hydrogen-bond acceptors (Lipinski definition) is 9. The summed E-state index contributed by atoms with van der Waals surface area (Å²) in [7, 11) is 0. The van der Waals surface area contributed by atoms with Crippen molar-refractivity contribution in [3.63, 3.8) is 0 Å². The number of hydrazone groups is 1. The molecule has 0 fully saturated rings. The number of hydrogen-bond donors (Lipinski definition) is 3. The van der Waals surface area contributed by atoms with E-state index in [1.165, 1.54) is 16.4 Å². The first-order chi connectivity index (χ1) is 15.5. The molecule has 4 N–H and O–H groups in total. The van der Waals surface area contributed by atoms with Gasteiger partial charge in [0.05, 0.1) is 17.5 Å². The summed E-state index contributed by atoms with van der Waals surface area (Å²) < 4.78 is 12.0. The summed E-state index contributed by atoms with van der Waals surface area (Å²) in [4.78, 5) is 12.3. The molecule has 10 nitrogen and oxygen atoms in total. The molecule has 1 aliphatic heterocycles. The average Bonchev–Trinajstić information content (AvgIpc) is 3.42. The number of ether oxygens (including phenoxy) is 2. The van der Waals surface area contributed by atoms with Gasteiger partial charge in [-0.3, -0.25) is 4.79 Å². The summed E-state index contributed by atoms with van der Waals surface area (Å²) in [5.74, 6) is 7.73. The lowest BCUT2D eigenvalue weighted by Crippen LogP contribution is -2.28. The molecule has 2 heterocycles. The number of benzene rings is 2. The van der Waals surface area contributed by atoms with Crippen molar-refractivity contribution in [1.29, 1.82) is 0 Å². The zero-order valence-corrected chi connectivity index (χ0v) is 18.4. The predicted molar refractivity (Wildman–Crippen MR) is 122 cm³/mol. The van der Waals surface area contributed by atoms with Crippen molar-refractivity contribution in [3.8, 4) is 11.5 Å². The third-order valence-corrected chi connectivity index (χ3v) is 5.73. The largest absolute Gasteiger partial charge is 0.454 e. The Bertz CT molecular complexity index is 1130. The van der Waals surface area contributed by atoms with E-state index in [0.717, 1.165) is 11.1 Å². The summed E-state index contributed by atoms with van der Waals surface area (Å²) >= 11 is 1.19. The lowest BCUT2D eigenvalue weighted by molar-refractivity contribution is -0.119. The highest BCUT2D eigenvalue weighted by atomic mass is 32.2. The molecule has 3 aromatic rings. The third-order valence-electron chi connectivity index (χ3n) is 4.79. The van der Waals surface area contributed by atoms with Gasteiger partial charge in [0.1, 0.15) is 0 Å². The fraction of sp³-hybridized carbons (Fsp3) is 0.238. The van der Waals surface area contributed by atoms with Crippen molar-refractivity contribution >= 4 is 29.3 Å². The maximum absolute atomic E-state index is 12.3. The van der Waals surface area contributed by atoms with Crippen LogP contribution in [0, 0.1) is 0 Å². The topological polar surface area (TPSA) is 129 Å². The number of nitrogens with one attached hydrogen (secondary N) is 2. The van der Waals surface area contributed by atoms with Gasteiger partial charge in [-0.1, -0.05) is 42.1 Å². The summed E-state index contributed by atoms with van der Waals surface area (Å²) in [6, 6.07) is 15.2.